The number of likely N-dealkylation sites (N-methyl/N-ethyl adjacent to an activating group) is 1. The molecule has 0 radical (unpaired) electrons. The first-order valence-electron chi connectivity index (χ1n) is 52.2. The molecule has 15 rings (SSSR count). The molecule has 0 unspecified atom stereocenters. The lowest BCUT2D eigenvalue weighted by atomic mass is 9.68. The lowest BCUT2D eigenvalue weighted by Crippen LogP contribution is -2.50. The topological polar surface area (TPSA) is 286 Å². The van der Waals surface area contributed by atoms with Crippen molar-refractivity contribution < 1.29 is 115 Å². The zero-order valence-corrected chi connectivity index (χ0v) is 87.4. The van der Waals surface area contributed by atoms with Gasteiger partial charge in [0, 0.05) is 116 Å². The maximum atomic E-state index is 14.4. The number of quaternary nitrogens is 1. The molecule has 0 saturated carbocycles. The lowest BCUT2D eigenvalue weighted by molar-refractivity contribution is -0.937. The third-order valence-electron chi connectivity index (χ3n) is 26.5. The van der Waals surface area contributed by atoms with Crippen LogP contribution in [0, 0.1) is 0 Å². The highest BCUT2D eigenvalue weighted by molar-refractivity contribution is 5.94. The van der Waals surface area contributed by atoms with Gasteiger partial charge in [-0.2, -0.15) is 0 Å². The molecular formula is C120H149N4O23+. The number of carbonyl (C=O) groups excluding carboxylic acids is 4. The van der Waals surface area contributed by atoms with Crippen LogP contribution in [0.25, 0.3) is 0 Å². The Morgan fingerprint density at radius 3 is 0.891 bits per heavy atom. The Bertz CT molecular complexity index is 5680. The number of para-hydroxylation sites is 8. The van der Waals surface area contributed by atoms with Crippen LogP contribution in [0.15, 0.2) is 261 Å². The Morgan fingerprint density at radius 2 is 0.578 bits per heavy atom. The van der Waals surface area contributed by atoms with Crippen LogP contribution in [-0.4, -0.2) is 249 Å². The van der Waals surface area contributed by atoms with Crippen molar-refractivity contribution in [1.82, 2.24) is 14.7 Å². The van der Waals surface area contributed by atoms with Crippen LogP contribution in [0.5, 0.6) is 69.0 Å². The van der Waals surface area contributed by atoms with E-state index in [0.29, 0.717) is 203 Å². The number of benzene rings is 11. The van der Waals surface area contributed by atoms with Gasteiger partial charge in [-0.3, -0.25) is 24.3 Å². The standard InChI is InChI=1S/C34H36NO3.C31H45NO9.C28H31NO4.C27H37NO7/c1-3-35(4-2,26-28-17-9-6-10-18-28)23-24-37-33(36)34(25-27-15-7-5-8-16-27)29-19-11-13-21-31(29)38-32-22-14-12-20-30(32)34;1-5-19-35-20-15-32(16-21-36-23-18-33)17-22-39-30(34)31(40-8-4)24-11-9-13-26(37-6-2)28(24)41-29-25(31)12-10-14-27(29)38-7-3;1-2-16-29(17-19-30)18-20-32-27(31)28(21-22-10-4-3-5-11-22)23-12-6-8-14-25(23)33-26-15-9-7-13-24(26)28;1-5-15-28(16-18-29)17-19-33-26(30)27(34-8-4)20-11-9-13-22(31-6-2)24(20)35-25-21(27)12-10-14-23(25)32-7-3/h5-22H,3-4,23-26H2,1-2H3;9-14,33H,5-8,15-23H2,1-4H3;3-15,30H,2,16-21H2,1H3;9-14,29H,5-8,15-19H2,1-4H3/q+1;;;. The summed E-state index contributed by atoms with van der Waals surface area (Å²) >= 11 is 0. The summed E-state index contributed by atoms with van der Waals surface area (Å²) in [6.07, 6.45) is 3.83. The van der Waals surface area contributed by atoms with Crippen LogP contribution in [0.1, 0.15) is 157 Å². The maximum absolute atomic E-state index is 14.4. The quantitative estimate of drug-likeness (QED) is 0.0138. The second-order valence-electron chi connectivity index (χ2n) is 35.8. The fourth-order valence-corrected chi connectivity index (χ4v) is 19.5. The van der Waals surface area contributed by atoms with Crippen molar-refractivity contribution >= 4 is 23.9 Å². The molecule has 0 atom stereocenters. The van der Waals surface area contributed by atoms with E-state index in [9.17, 15) is 29.4 Å². The summed E-state index contributed by atoms with van der Waals surface area (Å²) < 4.78 is 97.2. The van der Waals surface area contributed by atoms with Gasteiger partial charge in [0.1, 0.15) is 73.3 Å². The zero-order valence-electron chi connectivity index (χ0n) is 87.4. The fourth-order valence-electron chi connectivity index (χ4n) is 19.5. The summed E-state index contributed by atoms with van der Waals surface area (Å²) in [5, 5.41) is 27.7. The number of ether oxygens (including phenoxy) is 16. The van der Waals surface area contributed by atoms with Crippen LogP contribution >= 0.6 is 0 Å². The van der Waals surface area contributed by atoms with Gasteiger partial charge < -0.3 is 95.6 Å². The summed E-state index contributed by atoms with van der Waals surface area (Å²) in [4.78, 5) is 62.8. The number of fused-ring (bicyclic) bond motifs is 8. The van der Waals surface area contributed by atoms with E-state index in [2.05, 4.69) is 85.7 Å². The van der Waals surface area contributed by atoms with Crippen LogP contribution in [0.3, 0.4) is 0 Å². The Kier molecular flexibility index (Phi) is 44.2. The number of carbonyl (C=O) groups is 4. The van der Waals surface area contributed by atoms with Gasteiger partial charge in [-0.25, -0.2) is 9.59 Å². The molecule has 4 aliphatic rings. The van der Waals surface area contributed by atoms with Gasteiger partial charge in [0.25, 0.3) is 0 Å². The van der Waals surface area contributed by atoms with E-state index in [4.69, 9.17) is 80.9 Å². The molecule has 3 N–H and O–H groups in total. The van der Waals surface area contributed by atoms with E-state index in [1.54, 1.807) is 48.5 Å². The van der Waals surface area contributed by atoms with Gasteiger partial charge in [-0.1, -0.05) is 233 Å². The van der Waals surface area contributed by atoms with Crippen LogP contribution in [-0.2, 0) is 98.5 Å². The maximum Gasteiger partial charge on any atom is 0.348 e. The van der Waals surface area contributed by atoms with E-state index < -0.39 is 34.0 Å². The molecular weight excluding hydrogens is 1870 g/mol. The van der Waals surface area contributed by atoms with Crippen molar-refractivity contribution in [3.05, 3.63) is 322 Å². The molecule has 147 heavy (non-hydrogen) atoms. The summed E-state index contributed by atoms with van der Waals surface area (Å²) in [5.74, 6) is 4.81. The van der Waals surface area contributed by atoms with Gasteiger partial charge in [-0.05, 0) is 160 Å². The molecule has 4 aliphatic heterocycles. The Morgan fingerprint density at radius 1 is 0.279 bits per heavy atom. The molecule has 4 heterocycles. The van der Waals surface area contributed by atoms with E-state index in [-0.39, 0.29) is 71.4 Å². The third kappa shape index (κ3) is 27.4. The predicted molar refractivity (Wildman–Crippen MR) is 566 cm³/mol. The fraction of sp³-hybridized carbons (Fsp3) is 0.417. The SMILES string of the molecule is CCCN(CCO)CCOC(=O)C1(Cc2ccccc2)c2ccccc2Oc2ccccc21.CCCN(CCO)CCOC(=O)C1(OCC)c2cccc(OCC)c2Oc2c(OCC)cccc21.CCCOCCN(CCOCCO)CCOC(=O)C1(OCC)c2cccc(OCC)c2Oc2c(OCC)cccc21.CC[N+](CC)(CCOC(=O)C1(Cc2ccccc2)c2ccccc2Oc2ccccc21)Cc1ccccc1. The first-order valence-corrected chi connectivity index (χ1v) is 52.2. The first-order chi connectivity index (χ1) is 71.9. The second kappa shape index (κ2) is 57.5. The molecule has 0 aliphatic carbocycles. The number of hydrogen-bond donors (Lipinski definition) is 3. The van der Waals surface area contributed by atoms with Gasteiger partial charge >= 0.3 is 23.9 Å². The number of aliphatic hydroxyl groups is 3. The minimum Gasteiger partial charge on any atom is -0.490 e. The first kappa shape index (κ1) is 113. The highest BCUT2D eigenvalue weighted by Gasteiger charge is 2.57. The molecule has 0 amide bonds. The molecule has 11 aromatic rings. The summed E-state index contributed by atoms with van der Waals surface area (Å²) in [5.41, 5.74) is 3.69. The number of rotatable bonds is 54. The normalized spacial score (nSPS) is 13.5. The molecule has 27 nitrogen and oxygen atoms in total. The van der Waals surface area contributed by atoms with Crippen molar-refractivity contribution in [3.8, 4) is 69.0 Å². The van der Waals surface area contributed by atoms with Crippen LogP contribution in [0.2, 0.25) is 0 Å². The average Bonchev–Trinajstić information content (AvgIpc) is 0.757. The lowest BCUT2D eigenvalue weighted by Gasteiger charge is -2.39. The summed E-state index contributed by atoms with van der Waals surface area (Å²) in [7, 11) is 0. The van der Waals surface area contributed by atoms with E-state index in [1.165, 1.54) is 5.56 Å². The van der Waals surface area contributed by atoms with Crippen molar-refractivity contribution in [1.29, 1.82) is 0 Å². The van der Waals surface area contributed by atoms with Gasteiger partial charge in [0.2, 0.25) is 11.2 Å². The highest BCUT2D eigenvalue weighted by Crippen LogP contribution is 2.59. The smallest absolute Gasteiger partial charge is 0.348 e. The molecule has 0 fully saturated rings. The summed E-state index contributed by atoms with van der Waals surface area (Å²) in [6.45, 7) is 36.3. The molecule has 11 aromatic carbocycles. The monoisotopic (exact) mass is 2010 g/mol. The van der Waals surface area contributed by atoms with Gasteiger partial charge in [0.05, 0.1) is 79.2 Å². The highest BCUT2D eigenvalue weighted by atomic mass is 16.6. The molecule has 0 spiro atoms. The third-order valence-corrected chi connectivity index (χ3v) is 26.5. The number of esters is 4. The van der Waals surface area contributed by atoms with Gasteiger partial charge in [-0.15, -0.1) is 0 Å². The second-order valence-corrected chi connectivity index (χ2v) is 35.8. The molecule has 0 bridgehead atoms. The van der Waals surface area contributed by atoms with Crippen molar-refractivity contribution in [3.63, 3.8) is 0 Å². The van der Waals surface area contributed by atoms with Crippen LogP contribution in [0.4, 0.5) is 0 Å². The minimum absolute atomic E-state index is 0.0284. The molecule has 0 aromatic heterocycles. The molecule has 0 saturated heterocycles. The predicted octanol–water partition coefficient (Wildman–Crippen LogP) is 19.8. The Labute approximate surface area is 867 Å². The number of hydrogen-bond acceptors (Lipinski definition) is 26. The largest absolute Gasteiger partial charge is 0.490 e. The van der Waals surface area contributed by atoms with E-state index >= 15 is 0 Å². The van der Waals surface area contributed by atoms with E-state index in [0.717, 1.165) is 96.4 Å². The number of aliphatic hydroxyl groups excluding tert-OH is 3. The van der Waals surface area contributed by atoms with Crippen LogP contribution < -0.4 is 37.9 Å². The summed E-state index contributed by atoms with van der Waals surface area (Å²) in [6, 6.07) is 83.7. The Hall–Kier alpha value is -12.7. The Balaban J connectivity index is 0.000000175. The number of nitrogens with zero attached hydrogens (tertiary/aromatic N) is 4. The molecule has 786 valence electrons. The van der Waals surface area contributed by atoms with E-state index in [1.807, 2.05) is 217 Å². The van der Waals surface area contributed by atoms with Crippen molar-refractivity contribution in [2.75, 3.05) is 191 Å². The van der Waals surface area contributed by atoms with Crippen molar-refractivity contribution in [2.45, 2.75) is 137 Å². The average molecular weight is 2020 g/mol. The minimum atomic E-state index is -1.59. The van der Waals surface area contributed by atoms with Gasteiger partial charge in [0.15, 0.2) is 46.0 Å². The van der Waals surface area contributed by atoms with Crippen molar-refractivity contribution in [2.24, 2.45) is 0 Å². The zero-order chi connectivity index (χ0) is 104. The molecule has 27 heteroatoms.